The monoisotopic (exact) mass is 340 g/mol. The predicted octanol–water partition coefficient (Wildman–Crippen LogP) is 4.02. The first-order chi connectivity index (χ1) is 9.00. The van der Waals surface area contributed by atoms with Gasteiger partial charge in [0, 0.05) is 21.1 Å². The van der Waals surface area contributed by atoms with Gasteiger partial charge in [-0.25, -0.2) is 0 Å². The number of rotatable bonds is 4. The van der Waals surface area contributed by atoms with Crippen LogP contribution in [0.3, 0.4) is 0 Å². The molecule has 19 heavy (non-hydrogen) atoms. The zero-order valence-electron chi connectivity index (χ0n) is 11.0. The van der Waals surface area contributed by atoms with Crippen molar-refractivity contribution in [3.8, 4) is 0 Å². The van der Waals surface area contributed by atoms with Crippen LogP contribution in [-0.2, 0) is 0 Å². The van der Waals surface area contributed by atoms with E-state index in [1.807, 2.05) is 18.2 Å². The summed E-state index contributed by atoms with van der Waals surface area (Å²) in [6.45, 7) is 4.96. The fourth-order valence-corrected chi connectivity index (χ4v) is 3.63. The summed E-state index contributed by atoms with van der Waals surface area (Å²) in [5.41, 5.74) is 6.66. The summed E-state index contributed by atoms with van der Waals surface area (Å²) in [6.07, 6.45) is 0.972. The van der Waals surface area contributed by atoms with Crippen molar-refractivity contribution >= 4 is 48.9 Å². The molecule has 0 aliphatic heterocycles. The molecule has 1 heterocycles. The number of amides is 1. The Morgan fingerprint density at radius 2 is 2.21 bits per heavy atom. The summed E-state index contributed by atoms with van der Waals surface area (Å²) >= 11 is 4.91. The molecule has 0 aliphatic carbocycles. The molecule has 1 amide bonds. The summed E-state index contributed by atoms with van der Waals surface area (Å²) < 4.78 is 1.96. The normalized spacial score (nSPS) is 11.2. The van der Waals surface area contributed by atoms with Gasteiger partial charge in [-0.3, -0.25) is 4.79 Å². The van der Waals surface area contributed by atoms with Gasteiger partial charge in [-0.15, -0.1) is 11.3 Å². The van der Waals surface area contributed by atoms with E-state index in [1.165, 1.54) is 11.3 Å². The average Bonchev–Trinajstić information content (AvgIpc) is 2.67. The molecular weight excluding hydrogens is 324 g/mol. The minimum atomic E-state index is -0.0775. The number of nitrogens with one attached hydrogen (secondary N) is 1. The van der Waals surface area contributed by atoms with Crippen LogP contribution in [0.15, 0.2) is 22.7 Å². The molecule has 3 N–H and O–H groups in total. The lowest BCUT2D eigenvalue weighted by Crippen LogP contribution is -2.25. The molecule has 0 radical (unpaired) electrons. The minimum absolute atomic E-state index is 0.0775. The van der Waals surface area contributed by atoms with Crippen LogP contribution in [-0.4, -0.2) is 12.5 Å². The Balaban J connectivity index is 2.23. The molecule has 0 aliphatic rings. The van der Waals surface area contributed by atoms with Crippen LogP contribution in [0.5, 0.6) is 0 Å². The zero-order chi connectivity index (χ0) is 14.0. The van der Waals surface area contributed by atoms with Crippen molar-refractivity contribution in [1.29, 1.82) is 0 Å². The maximum Gasteiger partial charge on any atom is 0.263 e. The van der Waals surface area contributed by atoms with Crippen LogP contribution in [0.1, 0.15) is 29.9 Å². The largest absolute Gasteiger partial charge is 0.397 e. The molecule has 0 unspecified atom stereocenters. The van der Waals surface area contributed by atoms with Gasteiger partial charge < -0.3 is 11.1 Å². The fourth-order valence-electron chi connectivity index (χ4n) is 1.85. The lowest BCUT2D eigenvalue weighted by atomic mass is 10.1. The van der Waals surface area contributed by atoms with E-state index in [1.54, 1.807) is 0 Å². The number of hydrogen-bond acceptors (Lipinski definition) is 3. The summed E-state index contributed by atoms with van der Waals surface area (Å²) in [7, 11) is 0. The van der Waals surface area contributed by atoms with Gasteiger partial charge in [-0.05, 0) is 24.5 Å². The van der Waals surface area contributed by atoms with Crippen LogP contribution in [0, 0.1) is 5.92 Å². The third-order valence-electron chi connectivity index (χ3n) is 2.91. The zero-order valence-corrected chi connectivity index (χ0v) is 13.4. The maximum atomic E-state index is 12.1. The topological polar surface area (TPSA) is 55.1 Å². The van der Waals surface area contributed by atoms with E-state index in [9.17, 15) is 4.79 Å². The van der Waals surface area contributed by atoms with Gasteiger partial charge in [-0.2, -0.15) is 0 Å². The summed E-state index contributed by atoms with van der Waals surface area (Å²) in [5.74, 6) is 0.500. The molecule has 1 aromatic carbocycles. The number of carbonyl (C=O) groups is 1. The van der Waals surface area contributed by atoms with E-state index in [2.05, 4.69) is 35.1 Å². The van der Waals surface area contributed by atoms with E-state index < -0.39 is 0 Å². The molecule has 2 rings (SSSR count). The molecule has 1 aromatic heterocycles. The number of halogens is 1. The number of carbonyl (C=O) groups excluding carboxylic acids is 1. The van der Waals surface area contributed by atoms with E-state index in [4.69, 9.17) is 5.73 Å². The van der Waals surface area contributed by atoms with Crippen molar-refractivity contribution in [2.75, 3.05) is 12.3 Å². The second-order valence-corrected chi connectivity index (χ2v) is 6.80. The summed E-state index contributed by atoms with van der Waals surface area (Å²) in [6, 6.07) is 5.86. The smallest absolute Gasteiger partial charge is 0.263 e. The maximum absolute atomic E-state index is 12.1. The van der Waals surface area contributed by atoms with Crippen LogP contribution < -0.4 is 11.1 Å². The quantitative estimate of drug-likeness (QED) is 0.882. The number of nitrogen functional groups attached to an aromatic ring is 1. The third-order valence-corrected chi connectivity index (χ3v) is 4.75. The highest BCUT2D eigenvalue weighted by Gasteiger charge is 2.17. The number of fused-ring (bicyclic) bond motifs is 1. The Kier molecular flexibility index (Phi) is 4.47. The molecule has 0 bridgehead atoms. The van der Waals surface area contributed by atoms with Crippen molar-refractivity contribution < 1.29 is 4.79 Å². The summed E-state index contributed by atoms with van der Waals surface area (Å²) in [5, 5.41) is 3.86. The first-order valence-corrected chi connectivity index (χ1v) is 7.86. The highest BCUT2D eigenvalue weighted by Crippen LogP contribution is 2.37. The average molecular weight is 341 g/mol. The van der Waals surface area contributed by atoms with Crippen LogP contribution in [0.4, 0.5) is 5.69 Å². The minimum Gasteiger partial charge on any atom is -0.397 e. The number of nitrogens with two attached hydrogens (primary N) is 1. The molecule has 0 spiro atoms. The van der Waals surface area contributed by atoms with Gasteiger partial charge in [0.05, 0.1) is 5.69 Å². The first-order valence-electron chi connectivity index (χ1n) is 6.25. The van der Waals surface area contributed by atoms with E-state index >= 15 is 0 Å². The van der Waals surface area contributed by atoms with Gasteiger partial charge in [0.1, 0.15) is 4.88 Å². The number of thiophene rings is 1. The van der Waals surface area contributed by atoms with E-state index in [-0.39, 0.29) is 5.91 Å². The molecule has 3 nitrogen and oxygen atoms in total. The SMILES string of the molecule is CC(C)CCNC(=O)c1sc2cccc(Br)c2c1N. The lowest BCUT2D eigenvalue weighted by molar-refractivity contribution is 0.0957. The Labute approximate surface area is 125 Å². The molecule has 5 heteroatoms. The second kappa shape index (κ2) is 5.92. The Bertz CT molecular complexity index is 607. The highest BCUT2D eigenvalue weighted by molar-refractivity contribution is 9.10. The van der Waals surface area contributed by atoms with Crippen molar-refractivity contribution in [2.45, 2.75) is 20.3 Å². The highest BCUT2D eigenvalue weighted by atomic mass is 79.9. The molecule has 0 saturated heterocycles. The van der Waals surface area contributed by atoms with Gasteiger partial charge in [0.25, 0.3) is 5.91 Å². The van der Waals surface area contributed by atoms with Gasteiger partial charge in [-0.1, -0.05) is 35.8 Å². The fraction of sp³-hybridized carbons (Fsp3) is 0.357. The second-order valence-electron chi connectivity index (χ2n) is 4.90. The first kappa shape index (κ1) is 14.3. The van der Waals surface area contributed by atoms with Gasteiger partial charge >= 0.3 is 0 Å². The van der Waals surface area contributed by atoms with Crippen LogP contribution in [0.25, 0.3) is 10.1 Å². The van der Waals surface area contributed by atoms with Crippen LogP contribution >= 0.6 is 27.3 Å². The standard InChI is InChI=1S/C14H17BrN2OS/c1-8(2)6-7-17-14(18)13-12(16)11-9(15)4-3-5-10(11)19-13/h3-5,8H,6-7,16H2,1-2H3,(H,17,18). The Morgan fingerprint density at radius 3 is 2.84 bits per heavy atom. The van der Waals surface area contributed by atoms with Crippen molar-refractivity contribution in [2.24, 2.45) is 5.92 Å². The van der Waals surface area contributed by atoms with Gasteiger partial charge in [0.15, 0.2) is 0 Å². The number of benzene rings is 1. The van der Waals surface area contributed by atoms with E-state index in [0.717, 1.165) is 21.0 Å². The number of hydrogen-bond donors (Lipinski definition) is 2. The third kappa shape index (κ3) is 3.09. The van der Waals surface area contributed by atoms with Crippen molar-refractivity contribution in [3.05, 3.63) is 27.5 Å². The molecule has 0 saturated carbocycles. The molecule has 0 fully saturated rings. The number of anilines is 1. The summed E-state index contributed by atoms with van der Waals surface area (Å²) in [4.78, 5) is 12.7. The Morgan fingerprint density at radius 1 is 1.47 bits per heavy atom. The molecule has 2 aromatic rings. The lowest BCUT2D eigenvalue weighted by Gasteiger charge is -2.06. The van der Waals surface area contributed by atoms with Gasteiger partial charge in [0.2, 0.25) is 0 Å². The van der Waals surface area contributed by atoms with Crippen molar-refractivity contribution in [1.82, 2.24) is 5.32 Å². The van der Waals surface area contributed by atoms with Crippen LogP contribution in [0.2, 0.25) is 0 Å². The molecule has 0 atom stereocenters. The Hall–Kier alpha value is -1.07. The predicted molar refractivity (Wildman–Crippen MR) is 85.7 cm³/mol. The molecular formula is C14H17BrN2OS. The van der Waals surface area contributed by atoms with Crippen molar-refractivity contribution in [3.63, 3.8) is 0 Å². The molecule has 102 valence electrons. The van der Waals surface area contributed by atoms with E-state index in [0.29, 0.717) is 23.0 Å².